The zero-order valence-electron chi connectivity index (χ0n) is 7.42. The summed E-state index contributed by atoms with van der Waals surface area (Å²) in [5.74, 6) is 0.396. The molecule has 0 saturated carbocycles. The van der Waals surface area contributed by atoms with Gasteiger partial charge in [0, 0.05) is 6.42 Å². The minimum absolute atomic E-state index is 0.0159. The number of rotatable bonds is 1. The Bertz CT molecular complexity index is 387. The number of Topliss-reactive ketones (excluding diaryl/α,β-unsaturated/α-hetero) is 1. The topological polar surface area (TPSA) is 46.5 Å². The Balaban J connectivity index is 2.64. The van der Waals surface area contributed by atoms with E-state index >= 15 is 0 Å². The van der Waals surface area contributed by atoms with Crippen LogP contribution in [0.25, 0.3) is 0 Å². The minimum atomic E-state index is -0.172. The van der Waals surface area contributed by atoms with E-state index in [1.165, 1.54) is 0 Å². The number of carbonyl (C=O) groups is 1. The van der Waals surface area contributed by atoms with Crippen LogP contribution in [0.2, 0.25) is 5.02 Å². The average Bonchev–Trinajstić information content (AvgIpc) is 2.20. The predicted octanol–water partition coefficient (Wildman–Crippen LogP) is 1.80. The van der Waals surface area contributed by atoms with Gasteiger partial charge in [0.05, 0.1) is 23.8 Å². The molecular formula is C10H9ClO3. The molecule has 1 aliphatic rings. The molecule has 0 atom stereocenters. The minimum Gasteiger partial charge on any atom is -0.491 e. The highest BCUT2D eigenvalue weighted by Gasteiger charge is 2.23. The van der Waals surface area contributed by atoms with E-state index in [0.29, 0.717) is 34.9 Å². The van der Waals surface area contributed by atoms with E-state index in [9.17, 15) is 4.79 Å². The maximum atomic E-state index is 11.6. The smallest absolute Gasteiger partial charge is 0.170 e. The number of benzene rings is 1. The molecule has 2 rings (SSSR count). The second-order valence-electron chi connectivity index (χ2n) is 3.09. The van der Waals surface area contributed by atoms with E-state index in [1.54, 1.807) is 12.1 Å². The Morgan fingerprint density at radius 3 is 3.00 bits per heavy atom. The first-order chi connectivity index (χ1) is 6.74. The van der Waals surface area contributed by atoms with Crippen LogP contribution >= 0.6 is 11.6 Å². The lowest BCUT2D eigenvalue weighted by atomic mass is 9.99. The van der Waals surface area contributed by atoms with Gasteiger partial charge in [-0.25, -0.2) is 0 Å². The van der Waals surface area contributed by atoms with E-state index in [2.05, 4.69) is 0 Å². The fourth-order valence-corrected chi connectivity index (χ4v) is 1.76. The summed E-state index contributed by atoms with van der Waals surface area (Å²) in [6.07, 6.45) is 0.348. The van der Waals surface area contributed by atoms with Crippen molar-refractivity contribution < 1.29 is 14.6 Å². The van der Waals surface area contributed by atoms with Crippen molar-refractivity contribution in [2.75, 3.05) is 6.61 Å². The van der Waals surface area contributed by atoms with Crippen molar-refractivity contribution in [3.8, 4) is 5.75 Å². The average molecular weight is 213 g/mol. The van der Waals surface area contributed by atoms with Crippen LogP contribution in [-0.2, 0) is 6.61 Å². The molecule has 4 heteroatoms. The number of hydrogen-bond donors (Lipinski definition) is 1. The molecule has 1 aromatic carbocycles. The number of fused-ring (bicyclic) bond motifs is 1. The Kier molecular flexibility index (Phi) is 2.44. The first-order valence-electron chi connectivity index (χ1n) is 4.32. The summed E-state index contributed by atoms with van der Waals surface area (Å²) in [4.78, 5) is 11.6. The van der Waals surface area contributed by atoms with E-state index in [0.717, 1.165) is 0 Å². The lowest BCUT2D eigenvalue weighted by Crippen LogP contribution is -2.17. The van der Waals surface area contributed by atoms with Crippen LogP contribution in [0.5, 0.6) is 5.75 Å². The number of aliphatic hydroxyl groups excluding tert-OH is 1. The highest BCUT2D eigenvalue weighted by Crippen LogP contribution is 2.34. The normalized spacial score (nSPS) is 14.9. The monoisotopic (exact) mass is 212 g/mol. The maximum absolute atomic E-state index is 11.6. The van der Waals surface area contributed by atoms with E-state index in [4.69, 9.17) is 21.4 Å². The van der Waals surface area contributed by atoms with Gasteiger partial charge in [0.15, 0.2) is 5.78 Å². The number of ketones is 1. The zero-order valence-corrected chi connectivity index (χ0v) is 8.17. The van der Waals surface area contributed by atoms with Crippen molar-refractivity contribution in [2.45, 2.75) is 13.0 Å². The van der Waals surface area contributed by atoms with Gasteiger partial charge in [0.25, 0.3) is 0 Å². The molecule has 0 aromatic heterocycles. The third kappa shape index (κ3) is 1.38. The molecule has 0 amide bonds. The first-order valence-corrected chi connectivity index (χ1v) is 4.70. The summed E-state index contributed by atoms with van der Waals surface area (Å²) in [6.45, 7) is 0.190. The SMILES string of the molecule is O=C1CCOc2c(Cl)ccc(CO)c21. The first kappa shape index (κ1) is 9.49. The second-order valence-corrected chi connectivity index (χ2v) is 3.50. The quantitative estimate of drug-likeness (QED) is 0.772. The zero-order chi connectivity index (χ0) is 10.1. The molecule has 0 unspecified atom stereocenters. The molecule has 74 valence electrons. The highest BCUT2D eigenvalue weighted by molar-refractivity contribution is 6.32. The molecule has 0 spiro atoms. The van der Waals surface area contributed by atoms with Gasteiger partial charge in [-0.2, -0.15) is 0 Å². The van der Waals surface area contributed by atoms with Gasteiger partial charge >= 0.3 is 0 Å². The lowest BCUT2D eigenvalue weighted by molar-refractivity contribution is 0.0929. The molecule has 0 fully saturated rings. The van der Waals surface area contributed by atoms with Crippen LogP contribution in [0.3, 0.4) is 0 Å². The Hall–Kier alpha value is -1.06. The largest absolute Gasteiger partial charge is 0.491 e. The van der Waals surface area contributed by atoms with Crippen molar-refractivity contribution in [3.63, 3.8) is 0 Å². The Morgan fingerprint density at radius 2 is 2.29 bits per heavy atom. The molecule has 1 aromatic rings. The van der Waals surface area contributed by atoms with Crippen LogP contribution in [0.15, 0.2) is 12.1 Å². The van der Waals surface area contributed by atoms with Crippen LogP contribution in [0, 0.1) is 0 Å². The van der Waals surface area contributed by atoms with Gasteiger partial charge < -0.3 is 9.84 Å². The molecule has 3 nitrogen and oxygen atoms in total. The highest BCUT2D eigenvalue weighted by atomic mass is 35.5. The van der Waals surface area contributed by atoms with Crippen molar-refractivity contribution in [2.24, 2.45) is 0 Å². The second kappa shape index (κ2) is 3.59. The van der Waals surface area contributed by atoms with Gasteiger partial charge in [0.1, 0.15) is 5.75 Å². The maximum Gasteiger partial charge on any atom is 0.170 e. The molecule has 0 saturated heterocycles. The summed E-state index contributed by atoms with van der Waals surface area (Å²) in [5, 5.41) is 9.47. The van der Waals surface area contributed by atoms with Gasteiger partial charge in [-0.3, -0.25) is 4.79 Å². The predicted molar refractivity (Wildman–Crippen MR) is 51.8 cm³/mol. The standard InChI is InChI=1S/C10H9ClO3/c11-7-2-1-6(5-12)9-8(13)3-4-14-10(7)9/h1-2,12H,3-5H2. The number of carbonyl (C=O) groups excluding carboxylic acids is 1. The summed E-state index contributed by atoms with van der Waals surface area (Å²) in [5.41, 5.74) is 1.01. The number of aliphatic hydroxyl groups is 1. The third-order valence-corrected chi connectivity index (χ3v) is 2.52. The molecular weight excluding hydrogens is 204 g/mol. The molecule has 1 aliphatic heterocycles. The molecule has 0 aliphatic carbocycles. The van der Waals surface area contributed by atoms with Crippen LogP contribution in [-0.4, -0.2) is 17.5 Å². The van der Waals surface area contributed by atoms with Crippen molar-refractivity contribution >= 4 is 17.4 Å². The van der Waals surface area contributed by atoms with Crippen molar-refractivity contribution in [3.05, 3.63) is 28.3 Å². The van der Waals surface area contributed by atoms with Crippen LogP contribution < -0.4 is 4.74 Å². The molecule has 14 heavy (non-hydrogen) atoms. The van der Waals surface area contributed by atoms with Crippen molar-refractivity contribution in [1.29, 1.82) is 0 Å². The number of hydrogen-bond acceptors (Lipinski definition) is 3. The van der Waals surface area contributed by atoms with E-state index in [1.807, 2.05) is 0 Å². The number of ether oxygens (including phenoxy) is 1. The van der Waals surface area contributed by atoms with Gasteiger partial charge in [-0.05, 0) is 11.6 Å². The van der Waals surface area contributed by atoms with Gasteiger partial charge in [-0.15, -0.1) is 0 Å². The Morgan fingerprint density at radius 1 is 1.50 bits per heavy atom. The van der Waals surface area contributed by atoms with E-state index < -0.39 is 0 Å². The fraction of sp³-hybridized carbons (Fsp3) is 0.300. The van der Waals surface area contributed by atoms with Crippen LogP contribution in [0.1, 0.15) is 22.3 Å². The van der Waals surface area contributed by atoms with Crippen LogP contribution in [0.4, 0.5) is 0 Å². The molecule has 1 N–H and O–H groups in total. The third-order valence-electron chi connectivity index (χ3n) is 2.22. The summed E-state index contributed by atoms with van der Waals surface area (Å²) in [7, 11) is 0. The van der Waals surface area contributed by atoms with Gasteiger partial charge in [-0.1, -0.05) is 17.7 Å². The van der Waals surface area contributed by atoms with E-state index in [-0.39, 0.29) is 12.4 Å². The van der Waals surface area contributed by atoms with Gasteiger partial charge in [0.2, 0.25) is 0 Å². The number of halogens is 1. The fourth-order valence-electron chi connectivity index (χ4n) is 1.55. The Labute approximate surface area is 86.3 Å². The summed E-state index contributed by atoms with van der Waals surface area (Å²) >= 11 is 5.88. The lowest BCUT2D eigenvalue weighted by Gasteiger charge is -2.19. The molecule has 1 heterocycles. The van der Waals surface area contributed by atoms with Crippen molar-refractivity contribution in [1.82, 2.24) is 0 Å². The summed E-state index contributed by atoms with van der Waals surface area (Å²) in [6, 6.07) is 3.28. The summed E-state index contributed by atoms with van der Waals surface area (Å²) < 4.78 is 5.30. The molecule has 0 radical (unpaired) electrons. The molecule has 0 bridgehead atoms.